The molecule has 0 unspecified atom stereocenters. The summed E-state index contributed by atoms with van der Waals surface area (Å²) < 4.78 is 26.0. The first-order chi connectivity index (χ1) is 7.70. The van der Waals surface area contributed by atoms with Crippen molar-refractivity contribution in [1.82, 2.24) is 15.0 Å². The molecule has 2 aromatic heterocycles. The Bertz CT molecular complexity index is 497. The molecule has 0 spiro atoms. The minimum Gasteiger partial charge on any atom is -0.257 e. The second-order valence-electron chi connectivity index (χ2n) is 3.15. The Hall–Kier alpha value is -1.91. The van der Waals surface area contributed by atoms with E-state index in [9.17, 15) is 8.78 Å². The lowest BCUT2D eigenvalue weighted by Gasteiger charge is -2.01. The number of rotatable bonds is 2. The molecule has 0 amide bonds. The summed E-state index contributed by atoms with van der Waals surface area (Å²) in [5, 5.41) is 0. The quantitative estimate of drug-likeness (QED) is 0.778. The van der Waals surface area contributed by atoms with Crippen molar-refractivity contribution in [2.24, 2.45) is 0 Å². The molecule has 0 bridgehead atoms. The molecule has 0 fully saturated rings. The number of hydrogen-bond donors (Lipinski definition) is 0. The second kappa shape index (κ2) is 4.30. The van der Waals surface area contributed by atoms with Gasteiger partial charge in [0.15, 0.2) is 5.82 Å². The predicted octanol–water partition coefficient (Wildman–Crippen LogP) is 2.18. The molecule has 2 heterocycles. The van der Waals surface area contributed by atoms with Crippen molar-refractivity contribution in [2.45, 2.75) is 13.3 Å². The lowest BCUT2D eigenvalue weighted by molar-refractivity contribution is 0.575. The highest BCUT2D eigenvalue weighted by molar-refractivity contribution is 5.52. The average Bonchev–Trinajstić information content (AvgIpc) is 2.29. The maximum Gasteiger partial charge on any atom is 0.154 e. The third kappa shape index (κ3) is 2.03. The van der Waals surface area contributed by atoms with Crippen molar-refractivity contribution in [2.75, 3.05) is 0 Å². The Kier molecular flexibility index (Phi) is 2.85. The monoisotopic (exact) mass is 220 g/mol. The van der Waals surface area contributed by atoms with Crippen LogP contribution in [0.5, 0.6) is 0 Å². The van der Waals surface area contributed by atoms with E-state index in [4.69, 9.17) is 0 Å². The van der Waals surface area contributed by atoms with E-state index >= 15 is 0 Å². The van der Waals surface area contributed by atoms with Crippen LogP contribution in [0.25, 0.3) is 11.4 Å². The summed E-state index contributed by atoms with van der Waals surface area (Å²) >= 11 is 0. The fourth-order valence-corrected chi connectivity index (χ4v) is 1.21. The van der Waals surface area contributed by atoms with Crippen molar-refractivity contribution in [1.29, 1.82) is 0 Å². The van der Waals surface area contributed by atoms with E-state index in [0.29, 0.717) is 12.1 Å². The smallest absolute Gasteiger partial charge is 0.154 e. The van der Waals surface area contributed by atoms with Gasteiger partial charge in [-0.15, -0.1) is 0 Å². The van der Waals surface area contributed by atoms with Crippen LogP contribution in [0, 0.1) is 17.8 Å². The van der Waals surface area contributed by atoms with Crippen LogP contribution in [-0.2, 0) is 6.42 Å². The standard InChI is InChI=1S/C11H8F2N3/c1-2-8-5-15-10(6-14-8)11-9(13)3-7(12)4-16-11/h3-4,6H,2H2,1H3. The third-order valence-corrected chi connectivity index (χ3v) is 2.03. The number of aromatic nitrogens is 3. The average molecular weight is 220 g/mol. The van der Waals surface area contributed by atoms with Gasteiger partial charge >= 0.3 is 0 Å². The van der Waals surface area contributed by atoms with Crippen LogP contribution in [0.3, 0.4) is 0 Å². The highest BCUT2D eigenvalue weighted by atomic mass is 19.1. The van der Waals surface area contributed by atoms with E-state index in [1.54, 1.807) is 0 Å². The van der Waals surface area contributed by atoms with Crippen LogP contribution >= 0.6 is 0 Å². The van der Waals surface area contributed by atoms with Crippen LogP contribution < -0.4 is 0 Å². The molecule has 0 aliphatic rings. The summed E-state index contributed by atoms with van der Waals surface area (Å²) in [7, 11) is 0. The molecule has 81 valence electrons. The largest absolute Gasteiger partial charge is 0.257 e. The van der Waals surface area contributed by atoms with Crippen LogP contribution in [0.1, 0.15) is 12.6 Å². The molecule has 0 aromatic carbocycles. The van der Waals surface area contributed by atoms with E-state index in [2.05, 4.69) is 21.1 Å². The van der Waals surface area contributed by atoms with Gasteiger partial charge in [0.1, 0.15) is 23.4 Å². The first kappa shape index (κ1) is 10.6. The molecular weight excluding hydrogens is 212 g/mol. The summed E-state index contributed by atoms with van der Waals surface area (Å²) in [5.41, 5.74) is 0.911. The fourth-order valence-electron chi connectivity index (χ4n) is 1.21. The van der Waals surface area contributed by atoms with Crippen molar-refractivity contribution in [3.8, 4) is 11.4 Å². The Labute approximate surface area is 91.2 Å². The predicted molar refractivity (Wildman–Crippen MR) is 53.4 cm³/mol. The summed E-state index contributed by atoms with van der Waals surface area (Å²) in [5.74, 6) is -1.48. The van der Waals surface area contributed by atoms with Gasteiger partial charge in [0, 0.05) is 6.07 Å². The molecule has 3 nitrogen and oxygen atoms in total. The van der Waals surface area contributed by atoms with Crippen molar-refractivity contribution in [3.05, 3.63) is 42.0 Å². The number of nitrogens with zero attached hydrogens (tertiary/aromatic N) is 3. The zero-order chi connectivity index (χ0) is 11.5. The Morgan fingerprint density at radius 1 is 1.25 bits per heavy atom. The van der Waals surface area contributed by atoms with Crippen LogP contribution in [0.2, 0.25) is 0 Å². The van der Waals surface area contributed by atoms with Gasteiger partial charge in [0.05, 0.1) is 18.1 Å². The first-order valence-electron chi connectivity index (χ1n) is 4.75. The fraction of sp³-hybridized carbons (Fsp3) is 0.182. The second-order valence-corrected chi connectivity index (χ2v) is 3.15. The maximum atomic E-state index is 13.3. The maximum absolute atomic E-state index is 13.3. The molecule has 0 saturated carbocycles. The van der Waals surface area contributed by atoms with E-state index in [1.807, 2.05) is 6.92 Å². The van der Waals surface area contributed by atoms with Gasteiger partial charge in [-0.3, -0.25) is 4.98 Å². The van der Waals surface area contributed by atoms with E-state index in [-0.39, 0.29) is 11.4 Å². The molecule has 16 heavy (non-hydrogen) atoms. The van der Waals surface area contributed by atoms with Crippen molar-refractivity contribution >= 4 is 0 Å². The normalized spacial score (nSPS) is 10.4. The minimum atomic E-state index is -0.757. The zero-order valence-corrected chi connectivity index (χ0v) is 8.54. The number of halogens is 2. The van der Waals surface area contributed by atoms with Gasteiger partial charge in [-0.2, -0.15) is 0 Å². The molecule has 1 radical (unpaired) electrons. The summed E-state index contributed by atoms with van der Waals surface area (Å²) in [6.45, 7) is 1.91. The van der Waals surface area contributed by atoms with Gasteiger partial charge in [0.2, 0.25) is 0 Å². The first-order valence-corrected chi connectivity index (χ1v) is 4.75. The van der Waals surface area contributed by atoms with E-state index < -0.39 is 11.6 Å². The van der Waals surface area contributed by atoms with Gasteiger partial charge in [-0.05, 0) is 6.42 Å². The Morgan fingerprint density at radius 2 is 2.06 bits per heavy atom. The molecule has 0 aliphatic heterocycles. The van der Waals surface area contributed by atoms with Gasteiger partial charge < -0.3 is 0 Å². The Balaban J connectivity index is 2.42. The molecule has 5 heteroatoms. The van der Waals surface area contributed by atoms with Gasteiger partial charge in [-0.25, -0.2) is 18.7 Å². The third-order valence-electron chi connectivity index (χ3n) is 2.03. The summed E-state index contributed by atoms with van der Waals surface area (Å²) in [6.07, 6.45) is 5.71. The van der Waals surface area contributed by atoms with E-state index in [0.717, 1.165) is 12.3 Å². The molecule has 0 N–H and O–H groups in total. The highest BCUT2D eigenvalue weighted by Gasteiger charge is 2.09. The van der Waals surface area contributed by atoms with Gasteiger partial charge in [0.25, 0.3) is 0 Å². The summed E-state index contributed by atoms with van der Waals surface area (Å²) in [4.78, 5) is 11.5. The topological polar surface area (TPSA) is 38.7 Å². The lowest BCUT2D eigenvalue weighted by atomic mass is 10.2. The highest BCUT2D eigenvalue weighted by Crippen LogP contribution is 2.17. The molecule has 0 aliphatic carbocycles. The van der Waals surface area contributed by atoms with E-state index in [1.165, 1.54) is 6.20 Å². The molecule has 2 rings (SSSR count). The summed E-state index contributed by atoms with van der Waals surface area (Å²) in [6, 6.07) is 0.762. The minimum absolute atomic E-state index is 0.0206. The number of pyridine rings is 1. The molecule has 0 saturated heterocycles. The number of hydrogen-bond acceptors (Lipinski definition) is 3. The number of aryl methyl sites for hydroxylation is 1. The zero-order valence-electron chi connectivity index (χ0n) is 8.54. The Morgan fingerprint density at radius 3 is 2.62 bits per heavy atom. The van der Waals surface area contributed by atoms with Crippen LogP contribution in [0.4, 0.5) is 8.78 Å². The SMILES string of the molecule is CCc1[c]nc(-c2ncc(F)cc2F)cn1. The van der Waals surface area contributed by atoms with Crippen molar-refractivity contribution < 1.29 is 8.78 Å². The molecule has 0 atom stereocenters. The van der Waals surface area contributed by atoms with Crippen molar-refractivity contribution in [3.63, 3.8) is 0 Å². The van der Waals surface area contributed by atoms with Crippen LogP contribution in [0.15, 0.2) is 18.5 Å². The van der Waals surface area contributed by atoms with Crippen LogP contribution in [-0.4, -0.2) is 15.0 Å². The van der Waals surface area contributed by atoms with Gasteiger partial charge in [-0.1, -0.05) is 6.92 Å². The molecule has 2 aromatic rings. The lowest BCUT2D eigenvalue weighted by Crippen LogP contribution is -1.96. The molecular formula is C11H8F2N3.